The minimum atomic E-state index is 0.185. The molecule has 0 aliphatic heterocycles. The van der Waals surface area contributed by atoms with E-state index in [2.05, 4.69) is 9.97 Å². The van der Waals surface area contributed by atoms with Crippen LogP contribution < -0.4 is 20.9 Å². The Kier molecular flexibility index (Phi) is 5.58. The number of nitrogens with two attached hydrogens (primary N) is 2. The molecule has 1 aliphatic rings. The van der Waals surface area contributed by atoms with Crippen LogP contribution in [0.4, 0.5) is 11.8 Å². The van der Waals surface area contributed by atoms with Crippen LogP contribution in [0.5, 0.6) is 11.5 Å². The number of methoxy groups -OCH3 is 1. The zero-order valence-electron chi connectivity index (χ0n) is 14.7. The average molecular weight is 342 g/mol. The molecule has 6 nitrogen and oxygen atoms in total. The first-order valence-electron chi connectivity index (χ1n) is 8.82. The smallest absolute Gasteiger partial charge is 0.221 e. The molecule has 1 heterocycles. The highest BCUT2D eigenvalue weighted by atomic mass is 16.5. The first-order chi connectivity index (χ1) is 12.2. The number of benzene rings is 1. The van der Waals surface area contributed by atoms with Gasteiger partial charge in [-0.05, 0) is 36.5 Å². The molecule has 0 atom stereocenters. The van der Waals surface area contributed by atoms with Gasteiger partial charge in [0.15, 0.2) is 11.5 Å². The first-order valence-corrected chi connectivity index (χ1v) is 8.82. The van der Waals surface area contributed by atoms with Crippen molar-refractivity contribution in [3.63, 3.8) is 0 Å². The summed E-state index contributed by atoms with van der Waals surface area (Å²) in [6.45, 7) is 0.758. The molecular formula is C19H26N4O2. The van der Waals surface area contributed by atoms with Crippen LogP contribution in [0, 0.1) is 5.92 Å². The molecule has 1 saturated carbocycles. The van der Waals surface area contributed by atoms with Gasteiger partial charge in [-0.25, -0.2) is 4.98 Å². The molecule has 0 unspecified atom stereocenters. The number of nitrogens with zero attached hydrogens (tertiary/aromatic N) is 2. The van der Waals surface area contributed by atoms with Crippen molar-refractivity contribution < 1.29 is 9.47 Å². The second kappa shape index (κ2) is 8.05. The van der Waals surface area contributed by atoms with Gasteiger partial charge in [0.05, 0.1) is 13.7 Å². The Morgan fingerprint density at radius 2 is 1.92 bits per heavy atom. The molecule has 0 amide bonds. The van der Waals surface area contributed by atoms with Crippen molar-refractivity contribution >= 4 is 11.8 Å². The van der Waals surface area contributed by atoms with Crippen molar-refractivity contribution in [2.24, 2.45) is 5.92 Å². The van der Waals surface area contributed by atoms with Crippen LogP contribution in [0.15, 0.2) is 24.4 Å². The summed E-state index contributed by atoms with van der Waals surface area (Å²) in [5.41, 5.74) is 13.4. The minimum absolute atomic E-state index is 0.185. The van der Waals surface area contributed by atoms with E-state index in [0.29, 0.717) is 18.2 Å². The van der Waals surface area contributed by atoms with Gasteiger partial charge >= 0.3 is 0 Å². The van der Waals surface area contributed by atoms with E-state index in [9.17, 15) is 0 Å². The summed E-state index contributed by atoms with van der Waals surface area (Å²) in [6.07, 6.45) is 8.79. The van der Waals surface area contributed by atoms with E-state index in [-0.39, 0.29) is 5.95 Å². The van der Waals surface area contributed by atoms with Gasteiger partial charge < -0.3 is 20.9 Å². The van der Waals surface area contributed by atoms with Gasteiger partial charge in [0.1, 0.15) is 5.82 Å². The highest BCUT2D eigenvalue weighted by Crippen LogP contribution is 2.31. The number of hydrogen-bond donors (Lipinski definition) is 2. The van der Waals surface area contributed by atoms with Gasteiger partial charge in [-0.3, -0.25) is 0 Å². The lowest BCUT2D eigenvalue weighted by molar-refractivity contribution is 0.202. The third kappa shape index (κ3) is 4.53. The Hall–Kier alpha value is -2.50. The van der Waals surface area contributed by atoms with Crippen molar-refractivity contribution in [2.75, 3.05) is 25.2 Å². The zero-order valence-corrected chi connectivity index (χ0v) is 14.7. The van der Waals surface area contributed by atoms with Crippen molar-refractivity contribution in [3.05, 3.63) is 35.5 Å². The minimum Gasteiger partial charge on any atom is -0.493 e. The topological polar surface area (TPSA) is 96.3 Å². The van der Waals surface area contributed by atoms with Crippen molar-refractivity contribution in [1.29, 1.82) is 0 Å². The lowest BCUT2D eigenvalue weighted by atomic mass is 9.90. The maximum Gasteiger partial charge on any atom is 0.221 e. The van der Waals surface area contributed by atoms with Gasteiger partial charge in [0, 0.05) is 18.2 Å². The van der Waals surface area contributed by atoms with E-state index in [0.717, 1.165) is 29.2 Å². The van der Waals surface area contributed by atoms with Crippen LogP contribution in [0.2, 0.25) is 0 Å². The fourth-order valence-electron chi connectivity index (χ4n) is 3.29. The number of hydrogen-bond acceptors (Lipinski definition) is 6. The van der Waals surface area contributed by atoms with Crippen molar-refractivity contribution in [3.8, 4) is 11.5 Å². The number of rotatable bonds is 6. The Morgan fingerprint density at radius 1 is 1.12 bits per heavy atom. The molecule has 25 heavy (non-hydrogen) atoms. The maximum atomic E-state index is 6.02. The Labute approximate surface area is 148 Å². The molecule has 3 rings (SSSR count). The maximum absolute atomic E-state index is 6.02. The summed E-state index contributed by atoms with van der Waals surface area (Å²) >= 11 is 0. The largest absolute Gasteiger partial charge is 0.493 e. The predicted molar refractivity (Wildman–Crippen MR) is 98.7 cm³/mol. The van der Waals surface area contributed by atoms with Crippen LogP contribution in [0.3, 0.4) is 0 Å². The molecule has 1 aromatic heterocycles. The molecule has 0 bridgehead atoms. The number of aromatic nitrogens is 2. The summed E-state index contributed by atoms with van der Waals surface area (Å²) < 4.78 is 11.5. The average Bonchev–Trinajstić information content (AvgIpc) is 2.63. The summed E-state index contributed by atoms with van der Waals surface area (Å²) in [5.74, 6) is 2.78. The summed E-state index contributed by atoms with van der Waals surface area (Å²) in [6, 6.07) is 5.96. The predicted octanol–water partition coefficient (Wildman–Crippen LogP) is 3.20. The van der Waals surface area contributed by atoms with E-state index in [1.165, 1.54) is 32.1 Å². The highest BCUT2D eigenvalue weighted by Gasteiger charge is 2.15. The Balaban J connectivity index is 1.68. The third-order valence-electron chi connectivity index (χ3n) is 4.74. The SMILES string of the molecule is COc1cc(Cc2cnc(N)nc2N)ccc1OCC1CCCCC1. The molecule has 0 radical (unpaired) electrons. The first kappa shape index (κ1) is 17.3. The van der Waals surface area contributed by atoms with Crippen molar-refractivity contribution in [2.45, 2.75) is 38.5 Å². The third-order valence-corrected chi connectivity index (χ3v) is 4.74. The summed E-state index contributed by atoms with van der Waals surface area (Å²) in [4.78, 5) is 8.01. The lowest BCUT2D eigenvalue weighted by Crippen LogP contribution is -2.15. The van der Waals surface area contributed by atoms with E-state index < -0.39 is 0 Å². The quantitative estimate of drug-likeness (QED) is 0.837. The van der Waals surface area contributed by atoms with E-state index in [1.54, 1.807) is 13.3 Å². The molecule has 2 aromatic rings. The molecule has 0 saturated heterocycles. The Bertz CT molecular complexity index is 715. The fourth-order valence-corrected chi connectivity index (χ4v) is 3.29. The van der Waals surface area contributed by atoms with Crippen LogP contribution in [0.25, 0.3) is 0 Å². The molecule has 0 spiro atoms. The number of ether oxygens (including phenoxy) is 2. The lowest BCUT2D eigenvalue weighted by Gasteiger charge is -2.22. The van der Waals surface area contributed by atoms with Crippen molar-refractivity contribution in [1.82, 2.24) is 9.97 Å². The van der Waals surface area contributed by atoms with E-state index >= 15 is 0 Å². The van der Waals surface area contributed by atoms with Gasteiger partial charge in [0.2, 0.25) is 5.95 Å². The van der Waals surface area contributed by atoms with Crippen LogP contribution >= 0.6 is 0 Å². The van der Waals surface area contributed by atoms with E-state index in [4.69, 9.17) is 20.9 Å². The molecule has 4 N–H and O–H groups in total. The van der Waals surface area contributed by atoms with E-state index in [1.807, 2.05) is 18.2 Å². The molecule has 1 aliphatic carbocycles. The Morgan fingerprint density at radius 3 is 2.64 bits per heavy atom. The zero-order chi connectivity index (χ0) is 17.6. The van der Waals surface area contributed by atoms with Gasteiger partial charge in [-0.2, -0.15) is 4.98 Å². The second-order valence-electron chi connectivity index (χ2n) is 6.62. The monoisotopic (exact) mass is 342 g/mol. The molecule has 1 fully saturated rings. The standard InChI is InChI=1S/C19H26N4O2/c1-24-17-10-14(9-15-11-22-19(21)23-18(15)20)7-8-16(17)25-12-13-5-3-2-4-6-13/h7-8,10-11,13H,2-6,9,12H2,1H3,(H4,20,21,22,23). The summed E-state index contributed by atoms with van der Waals surface area (Å²) in [5, 5.41) is 0. The van der Waals surface area contributed by atoms with Crippen LogP contribution in [0.1, 0.15) is 43.2 Å². The number of nitrogen functional groups attached to an aromatic ring is 2. The van der Waals surface area contributed by atoms with Gasteiger partial charge in [-0.1, -0.05) is 25.3 Å². The van der Waals surface area contributed by atoms with Crippen LogP contribution in [-0.2, 0) is 6.42 Å². The second-order valence-corrected chi connectivity index (χ2v) is 6.62. The molecule has 134 valence electrons. The normalized spacial score (nSPS) is 15.1. The summed E-state index contributed by atoms with van der Waals surface area (Å²) in [7, 11) is 1.66. The molecule has 1 aromatic carbocycles. The number of anilines is 2. The van der Waals surface area contributed by atoms with Gasteiger partial charge in [-0.15, -0.1) is 0 Å². The highest BCUT2D eigenvalue weighted by molar-refractivity contribution is 5.48. The van der Waals surface area contributed by atoms with Crippen LogP contribution in [-0.4, -0.2) is 23.7 Å². The van der Waals surface area contributed by atoms with Gasteiger partial charge in [0.25, 0.3) is 0 Å². The molecule has 6 heteroatoms. The fraction of sp³-hybridized carbons (Fsp3) is 0.474. The molecular weight excluding hydrogens is 316 g/mol.